The van der Waals surface area contributed by atoms with E-state index in [1.165, 1.54) is 0 Å². The highest BCUT2D eigenvalue weighted by atomic mass is 32.2. The third-order valence-corrected chi connectivity index (χ3v) is 4.45. The third-order valence-electron chi connectivity index (χ3n) is 3.85. The fourth-order valence-electron chi connectivity index (χ4n) is 2.60. The molecule has 3 aromatic rings. The second-order valence-corrected chi connectivity index (χ2v) is 7.85. The minimum atomic E-state index is -3.33. The maximum atomic E-state index is 12.5. The standard InChI is InChI=1S/C20H19N3O3S/c1-14-18(12-13-19(21-14)15-6-4-3-5-7-15)20(24)22-16-8-10-17(11-9-16)23-27(2,25)26/h3-13,23H,1-2H3,(H,22,24). The largest absolute Gasteiger partial charge is 0.322 e. The van der Waals surface area contributed by atoms with E-state index in [1.54, 1.807) is 37.3 Å². The highest BCUT2D eigenvalue weighted by Crippen LogP contribution is 2.20. The lowest BCUT2D eigenvalue weighted by Gasteiger charge is -2.10. The molecule has 0 bridgehead atoms. The Morgan fingerprint density at radius 1 is 0.889 bits per heavy atom. The minimum Gasteiger partial charge on any atom is -0.322 e. The zero-order valence-electron chi connectivity index (χ0n) is 14.9. The van der Waals surface area contributed by atoms with E-state index in [0.717, 1.165) is 17.5 Å². The summed E-state index contributed by atoms with van der Waals surface area (Å²) >= 11 is 0. The van der Waals surface area contributed by atoms with Gasteiger partial charge in [-0.25, -0.2) is 8.42 Å². The van der Waals surface area contributed by atoms with Crippen molar-refractivity contribution in [2.45, 2.75) is 6.92 Å². The smallest absolute Gasteiger partial charge is 0.257 e. The molecule has 0 aliphatic carbocycles. The van der Waals surface area contributed by atoms with Crippen molar-refractivity contribution in [2.75, 3.05) is 16.3 Å². The Bertz CT molecular complexity index is 1060. The van der Waals surface area contributed by atoms with Gasteiger partial charge in [0.05, 0.1) is 23.2 Å². The number of nitrogens with one attached hydrogen (secondary N) is 2. The highest BCUT2D eigenvalue weighted by Gasteiger charge is 2.12. The molecule has 0 unspecified atom stereocenters. The van der Waals surface area contributed by atoms with E-state index in [4.69, 9.17) is 0 Å². The highest BCUT2D eigenvalue weighted by molar-refractivity contribution is 7.92. The number of sulfonamides is 1. The van der Waals surface area contributed by atoms with Gasteiger partial charge in [-0.2, -0.15) is 0 Å². The Morgan fingerprint density at radius 2 is 1.52 bits per heavy atom. The van der Waals surface area contributed by atoms with E-state index in [-0.39, 0.29) is 5.91 Å². The van der Waals surface area contributed by atoms with Crippen LogP contribution in [0.25, 0.3) is 11.3 Å². The fourth-order valence-corrected chi connectivity index (χ4v) is 3.17. The molecule has 0 saturated heterocycles. The van der Waals surface area contributed by atoms with Crippen LogP contribution < -0.4 is 10.0 Å². The monoisotopic (exact) mass is 381 g/mol. The molecule has 0 aliphatic heterocycles. The van der Waals surface area contributed by atoms with Gasteiger partial charge in [-0.15, -0.1) is 0 Å². The number of benzene rings is 2. The number of nitrogens with zero attached hydrogens (tertiary/aromatic N) is 1. The van der Waals surface area contributed by atoms with E-state index in [9.17, 15) is 13.2 Å². The summed E-state index contributed by atoms with van der Waals surface area (Å²) in [5.41, 5.74) is 3.89. The van der Waals surface area contributed by atoms with Crippen molar-refractivity contribution in [3.05, 3.63) is 78.0 Å². The molecule has 0 saturated carbocycles. The van der Waals surface area contributed by atoms with Gasteiger partial charge < -0.3 is 5.32 Å². The van der Waals surface area contributed by atoms with E-state index >= 15 is 0 Å². The van der Waals surface area contributed by atoms with Crippen LogP contribution in [0.4, 0.5) is 11.4 Å². The Kier molecular flexibility index (Phi) is 5.23. The van der Waals surface area contributed by atoms with Crippen molar-refractivity contribution in [1.82, 2.24) is 4.98 Å². The Morgan fingerprint density at radius 3 is 2.11 bits per heavy atom. The Balaban J connectivity index is 1.74. The van der Waals surface area contributed by atoms with Crippen molar-refractivity contribution in [3.8, 4) is 11.3 Å². The van der Waals surface area contributed by atoms with Crippen LogP contribution in [-0.2, 0) is 10.0 Å². The van der Waals surface area contributed by atoms with Crippen molar-refractivity contribution >= 4 is 27.3 Å². The first-order valence-electron chi connectivity index (χ1n) is 8.24. The molecule has 2 aromatic carbocycles. The van der Waals surface area contributed by atoms with Crippen molar-refractivity contribution in [1.29, 1.82) is 0 Å². The summed E-state index contributed by atoms with van der Waals surface area (Å²) in [6.45, 7) is 1.79. The van der Waals surface area contributed by atoms with Gasteiger partial charge in [-0.1, -0.05) is 30.3 Å². The van der Waals surface area contributed by atoms with Gasteiger partial charge in [0.2, 0.25) is 10.0 Å². The normalized spacial score (nSPS) is 11.0. The summed E-state index contributed by atoms with van der Waals surface area (Å²) in [5, 5.41) is 2.79. The summed E-state index contributed by atoms with van der Waals surface area (Å²) in [6, 6.07) is 19.7. The second-order valence-electron chi connectivity index (χ2n) is 6.10. The summed E-state index contributed by atoms with van der Waals surface area (Å²) in [4.78, 5) is 17.1. The van der Waals surface area contributed by atoms with Gasteiger partial charge in [0.25, 0.3) is 5.91 Å². The first-order valence-corrected chi connectivity index (χ1v) is 10.1. The minimum absolute atomic E-state index is 0.275. The number of pyridine rings is 1. The van der Waals surface area contributed by atoms with Crippen molar-refractivity contribution < 1.29 is 13.2 Å². The summed E-state index contributed by atoms with van der Waals surface area (Å²) in [6.07, 6.45) is 1.08. The maximum Gasteiger partial charge on any atom is 0.257 e. The molecule has 0 spiro atoms. The number of aryl methyl sites for hydroxylation is 1. The molecule has 0 aliphatic rings. The fraction of sp³-hybridized carbons (Fsp3) is 0.100. The Labute approximate surface area is 158 Å². The molecule has 0 fully saturated rings. The lowest BCUT2D eigenvalue weighted by molar-refractivity contribution is 0.102. The molecule has 0 atom stereocenters. The van der Waals surface area contributed by atoms with Crippen LogP contribution in [-0.4, -0.2) is 25.6 Å². The average Bonchev–Trinajstić information content (AvgIpc) is 2.62. The van der Waals surface area contributed by atoms with Gasteiger partial charge in [-0.05, 0) is 43.3 Å². The van der Waals surface area contributed by atoms with Crippen LogP contribution in [0.15, 0.2) is 66.7 Å². The van der Waals surface area contributed by atoms with Crippen LogP contribution in [0.2, 0.25) is 0 Å². The van der Waals surface area contributed by atoms with E-state index in [2.05, 4.69) is 15.0 Å². The predicted octanol–water partition coefficient (Wildman–Crippen LogP) is 3.68. The number of hydrogen-bond donors (Lipinski definition) is 2. The molecule has 138 valence electrons. The molecule has 27 heavy (non-hydrogen) atoms. The number of aromatic nitrogens is 1. The first-order chi connectivity index (χ1) is 12.8. The van der Waals surface area contributed by atoms with Gasteiger partial charge in [-0.3, -0.25) is 14.5 Å². The number of carbonyl (C=O) groups is 1. The molecular weight excluding hydrogens is 362 g/mol. The van der Waals surface area contributed by atoms with Crippen LogP contribution in [0.5, 0.6) is 0 Å². The second kappa shape index (κ2) is 7.59. The lowest BCUT2D eigenvalue weighted by atomic mass is 10.1. The lowest BCUT2D eigenvalue weighted by Crippen LogP contribution is -2.14. The summed E-state index contributed by atoms with van der Waals surface area (Å²) in [5.74, 6) is -0.275. The topological polar surface area (TPSA) is 88.2 Å². The molecule has 0 radical (unpaired) electrons. The van der Waals surface area contributed by atoms with Crippen LogP contribution >= 0.6 is 0 Å². The van der Waals surface area contributed by atoms with Gasteiger partial charge in [0.15, 0.2) is 0 Å². The van der Waals surface area contributed by atoms with Gasteiger partial charge >= 0.3 is 0 Å². The van der Waals surface area contributed by atoms with Crippen LogP contribution in [0, 0.1) is 6.92 Å². The average molecular weight is 381 g/mol. The molecule has 7 heteroatoms. The summed E-state index contributed by atoms with van der Waals surface area (Å²) < 4.78 is 24.8. The molecule has 6 nitrogen and oxygen atoms in total. The molecule has 1 heterocycles. The van der Waals surface area contributed by atoms with Crippen molar-refractivity contribution in [3.63, 3.8) is 0 Å². The van der Waals surface area contributed by atoms with E-state index in [1.807, 2.05) is 36.4 Å². The Hall–Kier alpha value is -3.19. The number of anilines is 2. The predicted molar refractivity (Wildman–Crippen MR) is 107 cm³/mol. The van der Waals surface area contributed by atoms with Crippen LogP contribution in [0.3, 0.4) is 0 Å². The molecule has 3 rings (SSSR count). The number of amides is 1. The zero-order chi connectivity index (χ0) is 19.4. The van der Waals surface area contributed by atoms with E-state index in [0.29, 0.717) is 22.6 Å². The SMILES string of the molecule is Cc1nc(-c2ccccc2)ccc1C(=O)Nc1ccc(NS(C)(=O)=O)cc1. The molecular formula is C20H19N3O3S. The van der Waals surface area contributed by atoms with Crippen molar-refractivity contribution in [2.24, 2.45) is 0 Å². The quantitative estimate of drug-likeness (QED) is 0.706. The number of rotatable bonds is 5. The maximum absolute atomic E-state index is 12.5. The molecule has 1 amide bonds. The van der Waals surface area contributed by atoms with Crippen LogP contribution in [0.1, 0.15) is 16.1 Å². The molecule has 1 aromatic heterocycles. The zero-order valence-corrected chi connectivity index (χ0v) is 15.7. The summed E-state index contributed by atoms with van der Waals surface area (Å²) in [7, 11) is -3.33. The number of carbonyl (C=O) groups excluding carboxylic acids is 1. The first kappa shape index (κ1) is 18.6. The molecule has 2 N–H and O–H groups in total. The van der Waals surface area contributed by atoms with E-state index < -0.39 is 10.0 Å². The van der Waals surface area contributed by atoms with Gasteiger partial charge in [0, 0.05) is 16.9 Å². The third kappa shape index (κ3) is 4.92. The van der Waals surface area contributed by atoms with Gasteiger partial charge in [0.1, 0.15) is 0 Å². The number of hydrogen-bond acceptors (Lipinski definition) is 4.